The number of hydrogen-bond donors (Lipinski definition) is 0. The van der Waals surface area contributed by atoms with Crippen LogP contribution < -0.4 is 0 Å². The lowest BCUT2D eigenvalue weighted by atomic mass is 10.1. The van der Waals surface area contributed by atoms with Gasteiger partial charge in [0.1, 0.15) is 0 Å². The zero-order valence-electron chi connectivity index (χ0n) is 11.0. The maximum Gasteiger partial charge on any atom is 0.0969 e. The fourth-order valence-corrected chi connectivity index (χ4v) is 1.13. The highest BCUT2D eigenvalue weighted by Gasteiger charge is 1.85. The fraction of sp³-hybridized carbons (Fsp3) is 0.333. The van der Waals surface area contributed by atoms with Gasteiger partial charge in [-0.3, -0.25) is 0 Å². The van der Waals surface area contributed by atoms with Crippen LogP contribution >= 0.6 is 0 Å². The molecule has 1 heteroatoms. The largest absolute Gasteiger partial charge is 0.0969 e. The highest BCUT2D eigenvalue weighted by molar-refractivity contribution is 7.94. The van der Waals surface area contributed by atoms with Gasteiger partial charge in [0.25, 0.3) is 0 Å². The van der Waals surface area contributed by atoms with Crippen molar-refractivity contribution in [2.24, 2.45) is 0 Å². The molecule has 0 nitrogen and oxygen atoms in total. The van der Waals surface area contributed by atoms with Crippen LogP contribution in [0.5, 0.6) is 0 Å². The lowest BCUT2D eigenvalue weighted by Crippen LogP contribution is -1.84. The first-order valence-electron chi connectivity index (χ1n) is 5.63. The van der Waals surface area contributed by atoms with Crippen molar-refractivity contribution in [1.82, 2.24) is 0 Å². The Bertz CT molecular complexity index is 312. The molecule has 0 heterocycles. The third-order valence-corrected chi connectivity index (χ3v) is 1.66. The summed E-state index contributed by atoms with van der Waals surface area (Å²) in [5.74, 6) is 0. The molecule has 2 aromatic rings. The van der Waals surface area contributed by atoms with Gasteiger partial charge in [0.05, 0.1) is 18.8 Å². The van der Waals surface area contributed by atoms with Gasteiger partial charge in [0.15, 0.2) is 0 Å². The van der Waals surface area contributed by atoms with Crippen LogP contribution in [0.1, 0.15) is 13.8 Å². The molecule has 0 spiro atoms. The Hall–Kier alpha value is -0.950. The number of rotatable bonds is 0. The lowest BCUT2D eigenvalue weighted by molar-refractivity contribution is 1.50. The average Bonchev–Trinajstić information content (AvgIpc) is 2.31. The molecule has 0 fully saturated rings. The van der Waals surface area contributed by atoms with Gasteiger partial charge in [0.2, 0.25) is 0 Å². The predicted octanol–water partition coefficient (Wildman–Crippen LogP) is 4.36. The lowest BCUT2D eigenvalue weighted by Gasteiger charge is -1.92. The van der Waals surface area contributed by atoms with Gasteiger partial charge in [-0.2, -0.15) is 0 Å². The summed E-state index contributed by atoms with van der Waals surface area (Å²) in [6, 6.07) is 16.7. The van der Waals surface area contributed by atoms with Crippen LogP contribution in [0, 0.1) is 0 Å². The molecule has 0 atom stereocenters. The van der Waals surface area contributed by atoms with Gasteiger partial charge in [0, 0.05) is 0 Å². The Morgan fingerprint density at radius 1 is 0.625 bits per heavy atom. The summed E-state index contributed by atoms with van der Waals surface area (Å²) in [4.78, 5) is 0. The van der Waals surface area contributed by atoms with E-state index in [0.29, 0.717) is 10.9 Å². The number of fused-ring (bicyclic) bond motifs is 1. The summed E-state index contributed by atoms with van der Waals surface area (Å²) < 4.78 is 0. The van der Waals surface area contributed by atoms with Crippen molar-refractivity contribution in [3.05, 3.63) is 48.5 Å². The topological polar surface area (TPSA) is 0 Å². The third kappa shape index (κ3) is 6.52. The minimum absolute atomic E-state index is 0.639. The Kier molecular flexibility index (Phi) is 8.74. The van der Waals surface area contributed by atoms with E-state index in [1.54, 1.807) is 0 Å². The summed E-state index contributed by atoms with van der Waals surface area (Å²) in [5, 5.41) is 2.62. The van der Waals surface area contributed by atoms with Gasteiger partial charge in [-0.25, -0.2) is 0 Å². The van der Waals surface area contributed by atoms with Crippen LogP contribution in [0.4, 0.5) is 0 Å². The second-order valence-electron chi connectivity index (χ2n) is 3.57. The SMILES string of the molecule is CC.C[S+](C)C.c1ccc2ccccc2c1. The summed E-state index contributed by atoms with van der Waals surface area (Å²) in [6.07, 6.45) is 6.58. The Morgan fingerprint density at radius 2 is 0.812 bits per heavy atom. The smallest absolute Gasteiger partial charge is 0.0683 e. The Labute approximate surface area is 103 Å². The van der Waals surface area contributed by atoms with Crippen molar-refractivity contribution in [3.63, 3.8) is 0 Å². The van der Waals surface area contributed by atoms with E-state index in [9.17, 15) is 0 Å². The molecule has 0 aliphatic rings. The van der Waals surface area contributed by atoms with E-state index in [2.05, 4.69) is 67.3 Å². The quantitative estimate of drug-likeness (QED) is 0.595. The molecule has 16 heavy (non-hydrogen) atoms. The van der Waals surface area contributed by atoms with Gasteiger partial charge in [-0.05, 0) is 21.7 Å². The highest BCUT2D eigenvalue weighted by atomic mass is 32.2. The van der Waals surface area contributed by atoms with Crippen molar-refractivity contribution in [2.75, 3.05) is 18.8 Å². The molecular weight excluding hydrogens is 212 g/mol. The first-order valence-corrected chi connectivity index (χ1v) is 8.08. The summed E-state index contributed by atoms with van der Waals surface area (Å²) in [6.45, 7) is 4.00. The third-order valence-electron chi connectivity index (χ3n) is 1.66. The van der Waals surface area contributed by atoms with Crippen molar-refractivity contribution in [1.29, 1.82) is 0 Å². The molecule has 0 saturated carbocycles. The first-order chi connectivity index (χ1) is 7.70. The maximum atomic E-state index is 2.19. The van der Waals surface area contributed by atoms with E-state index in [4.69, 9.17) is 0 Å². The van der Waals surface area contributed by atoms with E-state index in [0.717, 1.165) is 0 Å². The predicted molar refractivity (Wildman–Crippen MR) is 80.4 cm³/mol. The minimum atomic E-state index is 0.639. The van der Waals surface area contributed by atoms with Crippen molar-refractivity contribution >= 4 is 21.7 Å². The second kappa shape index (κ2) is 9.29. The van der Waals surface area contributed by atoms with Crippen molar-refractivity contribution in [3.8, 4) is 0 Å². The fourth-order valence-electron chi connectivity index (χ4n) is 1.13. The molecule has 0 aromatic heterocycles. The molecule has 0 unspecified atom stereocenters. The molecule has 2 rings (SSSR count). The van der Waals surface area contributed by atoms with Crippen LogP contribution in [-0.2, 0) is 10.9 Å². The van der Waals surface area contributed by atoms with Crippen LogP contribution in [0.25, 0.3) is 10.8 Å². The summed E-state index contributed by atoms with van der Waals surface area (Å²) in [7, 11) is 0.639. The van der Waals surface area contributed by atoms with E-state index in [1.807, 2.05) is 13.8 Å². The minimum Gasteiger partial charge on any atom is -0.0683 e. The van der Waals surface area contributed by atoms with E-state index >= 15 is 0 Å². The number of hydrogen-bond acceptors (Lipinski definition) is 0. The molecule has 0 aliphatic heterocycles. The van der Waals surface area contributed by atoms with Crippen LogP contribution in [0.3, 0.4) is 0 Å². The Morgan fingerprint density at radius 3 is 1.00 bits per heavy atom. The molecule has 2 aromatic carbocycles. The first kappa shape index (κ1) is 15.0. The molecular formula is C15H23S+. The second-order valence-corrected chi connectivity index (χ2v) is 6.02. The summed E-state index contributed by atoms with van der Waals surface area (Å²) >= 11 is 0. The molecule has 0 radical (unpaired) electrons. The Balaban J connectivity index is 0.000000323. The van der Waals surface area contributed by atoms with Crippen LogP contribution in [0.15, 0.2) is 48.5 Å². The molecule has 88 valence electrons. The molecule has 0 N–H and O–H groups in total. The van der Waals surface area contributed by atoms with Crippen LogP contribution in [-0.4, -0.2) is 18.8 Å². The monoisotopic (exact) mass is 235 g/mol. The average molecular weight is 235 g/mol. The van der Waals surface area contributed by atoms with E-state index < -0.39 is 0 Å². The van der Waals surface area contributed by atoms with Crippen molar-refractivity contribution in [2.45, 2.75) is 13.8 Å². The van der Waals surface area contributed by atoms with E-state index in [-0.39, 0.29) is 0 Å². The van der Waals surface area contributed by atoms with E-state index in [1.165, 1.54) is 10.8 Å². The maximum absolute atomic E-state index is 2.19. The zero-order chi connectivity index (χ0) is 12.4. The number of benzene rings is 2. The molecule has 0 amide bonds. The molecule has 0 saturated heterocycles. The molecule has 0 bridgehead atoms. The van der Waals surface area contributed by atoms with Gasteiger partial charge in [-0.1, -0.05) is 62.4 Å². The zero-order valence-corrected chi connectivity index (χ0v) is 11.8. The van der Waals surface area contributed by atoms with Gasteiger partial charge < -0.3 is 0 Å². The molecule has 0 aliphatic carbocycles. The highest BCUT2D eigenvalue weighted by Crippen LogP contribution is 2.11. The van der Waals surface area contributed by atoms with Crippen LogP contribution in [0.2, 0.25) is 0 Å². The van der Waals surface area contributed by atoms with Crippen molar-refractivity contribution < 1.29 is 0 Å². The summed E-state index contributed by atoms with van der Waals surface area (Å²) in [5.41, 5.74) is 0. The normalized spacial score (nSPS) is 8.88. The van der Waals surface area contributed by atoms with Gasteiger partial charge in [-0.15, -0.1) is 0 Å². The van der Waals surface area contributed by atoms with Gasteiger partial charge >= 0.3 is 0 Å². The standard InChI is InChI=1S/C10H8.C3H9S.C2H6/c1-2-6-10-8-4-3-7-9(10)5-1;1-4(2)3;1-2/h1-8H;1-3H3;1-2H3/q;+1;.